The van der Waals surface area contributed by atoms with E-state index < -0.39 is 0 Å². The first-order valence-electron chi connectivity index (χ1n) is 6.75. The average molecular weight is 212 g/mol. The van der Waals surface area contributed by atoms with E-state index in [9.17, 15) is 0 Å². The second-order valence-corrected chi connectivity index (χ2v) is 6.42. The Labute approximate surface area is 97.8 Å². The summed E-state index contributed by atoms with van der Waals surface area (Å²) in [5.74, 6) is 1.61. The molecule has 0 amide bonds. The minimum absolute atomic E-state index is 0.467. The summed E-state index contributed by atoms with van der Waals surface area (Å²) in [4.78, 5) is 0. The van der Waals surface area contributed by atoms with Crippen LogP contribution in [-0.2, 0) is 0 Å². The highest BCUT2D eigenvalue weighted by Gasteiger charge is 2.41. The van der Waals surface area contributed by atoms with Crippen LogP contribution in [0, 0.1) is 22.7 Å². The zero-order valence-electron chi connectivity index (χ0n) is 12.3. The fraction of sp³-hybridized carbons (Fsp3) is 1.00. The number of hydrogen-bond donors (Lipinski definition) is 0. The Morgan fingerprint density at radius 1 is 0.800 bits per heavy atom. The van der Waals surface area contributed by atoms with Gasteiger partial charge in [0.25, 0.3) is 0 Å². The molecule has 1 unspecified atom stereocenters. The van der Waals surface area contributed by atoms with Crippen molar-refractivity contribution in [3.05, 3.63) is 0 Å². The molecule has 0 aromatic heterocycles. The molecule has 0 fully saturated rings. The van der Waals surface area contributed by atoms with Crippen molar-refractivity contribution < 1.29 is 0 Å². The van der Waals surface area contributed by atoms with Gasteiger partial charge in [-0.3, -0.25) is 0 Å². The highest BCUT2D eigenvalue weighted by Crippen LogP contribution is 2.50. The first-order chi connectivity index (χ1) is 6.75. The maximum absolute atomic E-state index is 2.48. The van der Waals surface area contributed by atoms with Crippen molar-refractivity contribution in [3.63, 3.8) is 0 Å². The minimum Gasteiger partial charge on any atom is -0.0649 e. The lowest BCUT2D eigenvalue weighted by atomic mass is 9.57. The van der Waals surface area contributed by atoms with Gasteiger partial charge < -0.3 is 0 Å². The Hall–Kier alpha value is 0. The van der Waals surface area contributed by atoms with E-state index in [1.165, 1.54) is 19.3 Å². The van der Waals surface area contributed by atoms with Crippen LogP contribution in [0.4, 0.5) is 0 Å². The molecule has 0 saturated heterocycles. The summed E-state index contributed by atoms with van der Waals surface area (Å²) in [5, 5.41) is 0. The van der Waals surface area contributed by atoms with Crippen molar-refractivity contribution in [2.75, 3.05) is 0 Å². The van der Waals surface area contributed by atoms with Gasteiger partial charge in [0.05, 0.1) is 0 Å². The third-order valence-corrected chi connectivity index (χ3v) is 4.79. The number of rotatable bonds is 6. The molecule has 15 heavy (non-hydrogen) atoms. The van der Waals surface area contributed by atoms with E-state index in [1.807, 2.05) is 0 Å². The Bertz CT molecular complexity index is 172. The molecular formula is C15H32. The van der Waals surface area contributed by atoms with Crippen LogP contribution < -0.4 is 0 Å². The van der Waals surface area contributed by atoms with E-state index in [1.54, 1.807) is 0 Å². The smallest absolute Gasteiger partial charge is 0.0286 e. The van der Waals surface area contributed by atoms with Gasteiger partial charge in [0, 0.05) is 0 Å². The molecule has 0 saturated carbocycles. The van der Waals surface area contributed by atoms with Gasteiger partial charge in [0.2, 0.25) is 0 Å². The molecule has 0 spiro atoms. The molecule has 0 rings (SSSR count). The maximum Gasteiger partial charge on any atom is -0.0286 e. The van der Waals surface area contributed by atoms with Gasteiger partial charge >= 0.3 is 0 Å². The van der Waals surface area contributed by atoms with Crippen molar-refractivity contribution in [2.45, 2.75) is 74.7 Å². The van der Waals surface area contributed by atoms with Crippen LogP contribution in [0.3, 0.4) is 0 Å². The summed E-state index contributed by atoms with van der Waals surface area (Å²) in [5.41, 5.74) is 0.975. The topological polar surface area (TPSA) is 0 Å². The zero-order chi connectivity index (χ0) is 12.3. The van der Waals surface area contributed by atoms with Crippen molar-refractivity contribution in [3.8, 4) is 0 Å². The molecule has 0 aliphatic carbocycles. The summed E-state index contributed by atoms with van der Waals surface area (Å²) < 4.78 is 0. The maximum atomic E-state index is 2.48. The van der Waals surface area contributed by atoms with Crippen LogP contribution in [0.15, 0.2) is 0 Å². The highest BCUT2D eigenvalue weighted by molar-refractivity contribution is 4.91. The predicted molar refractivity (Wildman–Crippen MR) is 71.1 cm³/mol. The molecule has 0 heterocycles. The molecule has 0 radical (unpaired) electrons. The lowest BCUT2D eigenvalue weighted by Gasteiger charge is -2.48. The first kappa shape index (κ1) is 15.0. The molecule has 92 valence electrons. The van der Waals surface area contributed by atoms with E-state index in [-0.39, 0.29) is 0 Å². The van der Waals surface area contributed by atoms with E-state index >= 15 is 0 Å². The minimum atomic E-state index is 0.467. The van der Waals surface area contributed by atoms with Crippen LogP contribution >= 0.6 is 0 Å². The molecule has 0 aliphatic heterocycles. The summed E-state index contributed by atoms with van der Waals surface area (Å²) >= 11 is 0. The SMILES string of the molecule is CCC(C)(C)C(C(C)C)C(C)(CC)CC. The molecule has 0 bridgehead atoms. The molecule has 0 aromatic rings. The van der Waals surface area contributed by atoms with Gasteiger partial charge in [0.1, 0.15) is 0 Å². The van der Waals surface area contributed by atoms with Crippen LogP contribution in [0.5, 0.6) is 0 Å². The van der Waals surface area contributed by atoms with Crippen molar-refractivity contribution in [1.29, 1.82) is 0 Å². The van der Waals surface area contributed by atoms with Crippen molar-refractivity contribution >= 4 is 0 Å². The van der Waals surface area contributed by atoms with Gasteiger partial charge in [-0.05, 0) is 22.7 Å². The lowest BCUT2D eigenvalue weighted by Crippen LogP contribution is -2.40. The fourth-order valence-corrected chi connectivity index (χ4v) is 3.56. The largest absolute Gasteiger partial charge is 0.0649 e. The Morgan fingerprint density at radius 3 is 1.40 bits per heavy atom. The third-order valence-electron chi connectivity index (χ3n) is 4.79. The van der Waals surface area contributed by atoms with Crippen LogP contribution in [0.1, 0.15) is 74.7 Å². The highest BCUT2D eigenvalue weighted by atomic mass is 14.5. The zero-order valence-corrected chi connectivity index (χ0v) is 12.3. The first-order valence-corrected chi connectivity index (χ1v) is 6.75. The second kappa shape index (κ2) is 5.37. The van der Waals surface area contributed by atoms with Gasteiger partial charge in [-0.2, -0.15) is 0 Å². The van der Waals surface area contributed by atoms with Crippen LogP contribution in [0.25, 0.3) is 0 Å². The molecule has 0 aromatic carbocycles. The standard InChI is InChI=1S/C15H32/c1-9-14(6,7)13(12(4)5)15(8,10-2)11-3/h12-13H,9-11H2,1-8H3. The summed E-state index contributed by atoms with van der Waals surface area (Å²) in [6.07, 6.45) is 3.89. The number of hydrogen-bond acceptors (Lipinski definition) is 0. The lowest BCUT2D eigenvalue weighted by molar-refractivity contribution is 0.00989. The van der Waals surface area contributed by atoms with Crippen LogP contribution in [0.2, 0.25) is 0 Å². The van der Waals surface area contributed by atoms with E-state index in [2.05, 4.69) is 55.4 Å². The van der Waals surface area contributed by atoms with Gasteiger partial charge in [-0.15, -0.1) is 0 Å². The Morgan fingerprint density at radius 2 is 1.20 bits per heavy atom. The van der Waals surface area contributed by atoms with Crippen molar-refractivity contribution in [1.82, 2.24) is 0 Å². The molecule has 0 aliphatic rings. The van der Waals surface area contributed by atoms with E-state index in [4.69, 9.17) is 0 Å². The predicted octanol–water partition coefficient (Wildman–Crippen LogP) is 5.52. The van der Waals surface area contributed by atoms with Gasteiger partial charge in [-0.25, -0.2) is 0 Å². The van der Waals surface area contributed by atoms with Crippen LogP contribution in [-0.4, -0.2) is 0 Å². The normalized spacial score (nSPS) is 15.8. The van der Waals surface area contributed by atoms with Crippen molar-refractivity contribution in [2.24, 2.45) is 22.7 Å². The average Bonchev–Trinajstić information content (AvgIpc) is 2.16. The summed E-state index contributed by atoms with van der Waals surface area (Å²) in [6, 6.07) is 0. The molecule has 1 atom stereocenters. The second-order valence-electron chi connectivity index (χ2n) is 6.42. The molecular weight excluding hydrogens is 180 g/mol. The Balaban J connectivity index is 5.12. The monoisotopic (exact) mass is 212 g/mol. The quantitative estimate of drug-likeness (QED) is 0.543. The van der Waals surface area contributed by atoms with Gasteiger partial charge in [0.15, 0.2) is 0 Å². The molecule has 0 nitrogen and oxygen atoms in total. The van der Waals surface area contributed by atoms with E-state index in [0.717, 1.165) is 11.8 Å². The van der Waals surface area contributed by atoms with E-state index in [0.29, 0.717) is 10.8 Å². The third kappa shape index (κ3) is 3.23. The fourth-order valence-electron chi connectivity index (χ4n) is 3.56. The molecule has 0 N–H and O–H groups in total. The molecule has 0 heteroatoms. The van der Waals surface area contributed by atoms with Gasteiger partial charge in [-0.1, -0.05) is 74.7 Å². The Kier molecular flexibility index (Phi) is 5.37. The summed E-state index contributed by atoms with van der Waals surface area (Å²) in [7, 11) is 0. The summed E-state index contributed by atoms with van der Waals surface area (Å²) in [6.45, 7) is 19.2.